The second-order valence-corrected chi connectivity index (χ2v) is 6.03. The molecule has 25 heavy (non-hydrogen) atoms. The lowest BCUT2D eigenvalue weighted by molar-refractivity contribution is -0.122. The van der Waals surface area contributed by atoms with Crippen LogP contribution in [0.2, 0.25) is 0 Å². The van der Waals surface area contributed by atoms with E-state index in [1.165, 1.54) is 11.0 Å². The van der Waals surface area contributed by atoms with Crippen LogP contribution in [0.15, 0.2) is 42.5 Å². The second kappa shape index (κ2) is 6.93. The number of nitrogens with zero attached hydrogens (tertiary/aromatic N) is 1. The molecule has 1 aliphatic rings. The van der Waals surface area contributed by atoms with E-state index in [-0.39, 0.29) is 18.3 Å². The molecule has 2 aromatic rings. The van der Waals surface area contributed by atoms with Gasteiger partial charge in [0.25, 0.3) is 5.91 Å². The van der Waals surface area contributed by atoms with Crippen molar-refractivity contribution in [2.75, 3.05) is 6.54 Å². The predicted octanol–water partition coefficient (Wildman–Crippen LogP) is 2.28. The van der Waals surface area contributed by atoms with E-state index in [1.807, 2.05) is 0 Å². The van der Waals surface area contributed by atoms with Gasteiger partial charge in [-0.05, 0) is 43.2 Å². The number of fused-ring (bicyclic) bond motifs is 1. The van der Waals surface area contributed by atoms with Gasteiger partial charge in [0, 0.05) is 17.7 Å². The number of ether oxygens (including phenoxy) is 1. The van der Waals surface area contributed by atoms with E-state index in [1.54, 1.807) is 43.3 Å². The zero-order chi connectivity index (χ0) is 18.0. The number of primary amides is 1. The van der Waals surface area contributed by atoms with Gasteiger partial charge in [-0.3, -0.25) is 9.59 Å². The summed E-state index contributed by atoms with van der Waals surface area (Å²) < 4.78 is 19.3. The molecule has 0 saturated carbocycles. The lowest BCUT2D eigenvalue weighted by Gasteiger charge is -2.32. The zero-order valence-corrected chi connectivity index (χ0v) is 13.9. The fourth-order valence-corrected chi connectivity index (χ4v) is 2.87. The zero-order valence-electron chi connectivity index (χ0n) is 13.9. The van der Waals surface area contributed by atoms with E-state index in [2.05, 4.69) is 0 Å². The summed E-state index contributed by atoms with van der Waals surface area (Å²) in [5, 5.41) is 0. The standard InChI is InChI=1S/C19H19FN2O3/c1-12(18(21)23)22-9-8-13-10-15(6-7-16(13)19(22)24)25-11-14-4-2-3-5-17(14)20/h2-7,10,12H,8-9,11H2,1H3,(H2,21,23)/t12-/m1/s1. The largest absolute Gasteiger partial charge is 0.489 e. The number of carbonyl (C=O) groups excluding carboxylic acids is 2. The number of amides is 2. The second-order valence-electron chi connectivity index (χ2n) is 6.03. The van der Waals surface area contributed by atoms with Gasteiger partial charge in [0.2, 0.25) is 5.91 Å². The van der Waals surface area contributed by atoms with Gasteiger partial charge in [0.1, 0.15) is 24.2 Å². The molecule has 5 nitrogen and oxygen atoms in total. The Morgan fingerprint density at radius 2 is 2.08 bits per heavy atom. The summed E-state index contributed by atoms with van der Waals surface area (Å²) in [6.07, 6.45) is 0.607. The van der Waals surface area contributed by atoms with E-state index in [9.17, 15) is 14.0 Å². The highest BCUT2D eigenvalue weighted by Gasteiger charge is 2.30. The molecule has 1 atom stereocenters. The molecule has 0 unspecified atom stereocenters. The Morgan fingerprint density at radius 1 is 1.32 bits per heavy atom. The molecule has 6 heteroatoms. The van der Waals surface area contributed by atoms with Crippen LogP contribution >= 0.6 is 0 Å². The summed E-state index contributed by atoms with van der Waals surface area (Å²) in [5.41, 5.74) is 7.16. The minimum atomic E-state index is -0.641. The first-order chi connectivity index (χ1) is 12.0. The summed E-state index contributed by atoms with van der Waals surface area (Å²) in [4.78, 5) is 25.3. The molecule has 2 N–H and O–H groups in total. The molecule has 0 saturated heterocycles. The quantitative estimate of drug-likeness (QED) is 0.906. The van der Waals surface area contributed by atoms with E-state index in [0.717, 1.165) is 5.56 Å². The third-order valence-electron chi connectivity index (χ3n) is 4.42. The van der Waals surface area contributed by atoms with Crippen LogP contribution in [0.3, 0.4) is 0 Å². The van der Waals surface area contributed by atoms with Crippen LogP contribution in [0.25, 0.3) is 0 Å². The topological polar surface area (TPSA) is 72.6 Å². The maximum Gasteiger partial charge on any atom is 0.254 e. The van der Waals surface area contributed by atoms with Gasteiger partial charge in [-0.1, -0.05) is 18.2 Å². The Balaban J connectivity index is 1.74. The van der Waals surface area contributed by atoms with Crippen molar-refractivity contribution in [1.82, 2.24) is 4.90 Å². The van der Waals surface area contributed by atoms with Crippen LogP contribution in [0.5, 0.6) is 5.75 Å². The van der Waals surface area contributed by atoms with Crippen molar-refractivity contribution >= 4 is 11.8 Å². The van der Waals surface area contributed by atoms with Gasteiger partial charge in [0.15, 0.2) is 0 Å². The first-order valence-corrected chi connectivity index (χ1v) is 8.07. The van der Waals surface area contributed by atoms with Crippen LogP contribution in [-0.4, -0.2) is 29.3 Å². The van der Waals surface area contributed by atoms with Crippen molar-refractivity contribution in [2.45, 2.75) is 26.0 Å². The molecule has 0 aromatic heterocycles. The number of halogens is 1. The molecule has 0 bridgehead atoms. The molecule has 1 aliphatic heterocycles. The fourth-order valence-electron chi connectivity index (χ4n) is 2.87. The monoisotopic (exact) mass is 342 g/mol. The van der Waals surface area contributed by atoms with E-state index in [4.69, 9.17) is 10.5 Å². The summed E-state index contributed by atoms with van der Waals surface area (Å²) in [6, 6.07) is 10.9. The molecule has 0 aliphatic carbocycles. The van der Waals surface area contributed by atoms with E-state index >= 15 is 0 Å². The Hall–Kier alpha value is -2.89. The van der Waals surface area contributed by atoms with Crippen molar-refractivity contribution in [3.8, 4) is 5.75 Å². The Bertz CT molecular complexity index is 822. The van der Waals surface area contributed by atoms with E-state index < -0.39 is 11.9 Å². The van der Waals surface area contributed by atoms with Crippen LogP contribution < -0.4 is 10.5 Å². The Morgan fingerprint density at radius 3 is 2.80 bits per heavy atom. The maximum atomic E-state index is 13.6. The van der Waals surface area contributed by atoms with Crippen molar-refractivity contribution in [3.63, 3.8) is 0 Å². The average Bonchev–Trinajstić information content (AvgIpc) is 2.60. The minimum absolute atomic E-state index is 0.115. The Kier molecular flexibility index (Phi) is 4.70. The van der Waals surface area contributed by atoms with Gasteiger partial charge in [-0.15, -0.1) is 0 Å². The number of nitrogens with two attached hydrogens (primary N) is 1. The third kappa shape index (κ3) is 3.47. The lowest BCUT2D eigenvalue weighted by atomic mass is 9.97. The van der Waals surface area contributed by atoms with Crippen molar-refractivity contribution in [2.24, 2.45) is 5.73 Å². The summed E-state index contributed by atoms with van der Waals surface area (Å²) in [7, 11) is 0. The van der Waals surface area contributed by atoms with Gasteiger partial charge >= 0.3 is 0 Å². The number of hydrogen-bond donors (Lipinski definition) is 1. The third-order valence-corrected chi connectivity index (χ3v) is 4.42. The van der Waals surface area contributed by atoms with Crippen molar-refractivity contribution in [1.29, 1.82) is 0 Å². The van der Waals surface area contributed by atoms with Gasteiger partial charge in [0.05, 0.1) is 0 Å². The van der Waals surface area contributed by atoms with E-state index in [0.29, 0.717) is 29.8 Å². The molecule has 2 aromatic carbocycles. The Labute approximate surface area is 145 Å². The molecule has 1 heterocycles. The van der Waals surface area contributed by atoms with Crippen LogP contribution in [-0.2, 0) is 17.8 Å². The first-order valence-electron chi connectivity index (χ1n) is 8.07. The summed E-state index contributed by atoms with van der Waals surface area (Å²) in [5.74, 6) is -0.479. The predicted molar refractivity (Wildman–Crippen MR) is 90.6 cm³/mol. The maximum absolute atomic E-state index is 13.6. The highest BCUT2D eigenvalue weighted by Crippen LogP contribution is 2.25. The van der Waals surface area contributed by atoms with Crippen LogP contribution in [0, 0.1) is 5.82 Å². The normalized spacial score (nSPS) is 14.8. The molecule has 0 spiro atoms. The SMILES string of the molecule is C[C@H](C(N)=O)N1CCc2cc(OCc3ccccc3F)ccc2C1=O. The van der Waals surface area contributed by atoms with Gasteiger partial charge < -0.3 is 15.4 Å². The minimum Gasteiger partial charge on any atom is -0.489 e. The highest BCUT2D eigenvalue weighted by atomic mass is 19.1. The van der Waals surface area contributed by atoms with Crippen LogP contribution in [0.4, 0.5) is 4.39 Å². The van der Waals surface area contributed by atoms with Gasteiger partial charge in [-0.2, -0.15) is 0 Å². The average molecular weight is 342 g/mol. The van der Waals surface area contributed by atoms with Crippen LogP contribution in [0.1, 0.15) is 28.4 Å². The molecule has 0 fully saturated rings. The van der Waals surface area contributed by atoms with Crippen molar-refractivity contribution in [3.05, 3.63) is 65.0 Å². The summed E-state index contributed by atoms with van der Waals surface area (Å²) >= 11 is 0. The highest BCUT2D eigenvalue weighted by molar-refractivity contribution is 5.99. The van der Waals surface area contributed by atoms with Gasteiger partial charge in [-0.25, -0.2) is 4.39 Å². The van der Waals surface area contributed by atoms with Crippen molar-refractivity contribution < 1.29 is 18.7 Å². The smallest absolute Gasteiger partial charge is 0.254 e. The molecule has 130 valence electrons. The number of rotatable bonds is 5. The lowest BCUT2D eigenvalue weighted by Crippen LogP contribution is -2.49. The molecule has 0 radical (unpaired) electrons. The fraction of sp³-hybridized carbons (Fsp3) is 0.263. The number of carbonyl (C=O) groups is 2. The molecular weight excluding hydrogens is 323 g/mol. The number of hydrogen-bond acceptors (Lipinski definition) is 3. The molecule has 3 rings (SSSR count). The molecular formula is C19H19FN2O3. The molecule has 2 amide bonds. The summed E-state index contributed by atoms with van der Waals surface area (Å²) in [6.45, 7) is 2.16. The first kappa shape index (κ1) is 17.0. The number of benzene rings is 2.